The standard InChI is InChI=1S/2C12H24O2.C3H6O2/c2*1-2-3-4-5-6-7-8-9-10-11-12(13)14;1-2-3(4)5/h2*2-11H2,1H3,(H,13,14);2H2,1H3,(H,4,5). The van der Waals surface area contributed by atoms with Gasteiger partial charge < -0.3 is 15.3 Å². The van der Waals surface area contributed by atoms with Gasteiger partial charge in [0.2, 0.25) is 0 Å². The molecule has 198 valence electrons. The third kappa shape index (κ3) is 48.9. The Hall–Kier alpha value is -1.59. The van der Waals surface area contributed by atoms with Gasteiger partial charge in [0.05, 0.1) is 0 Å². The number of carboxylic acids is 3. The van der Waals surface area contributed by atoms with Gasteiger partial charge in [0, 0.05) is 19.3 Å². The molecular weight excluding hydrogens is 420 g/mol. The van der Waals surface area contributed by atoms with E-state index in [2.05, 4.69) is 13.8 Å². The average Bonchev–Trinajstić information content (AvgIpc) is 2.77. The normalized spacial score (nSPS) is 9.91. The summed E-state index contributed by atoms with van der Waals surface area (Å²) in [5.41, 5.74) is 0. The Morgan fingerprint density at radius 1 is 0.394 bits per heavy atom. The number of carbonyl (C=O) groups is 3. The van der Waals surface area contributed by atoms with Crippen molar-refractivity contribution in [3.05, 3.63) is 0 Å². The van der Waals surface area contributed by atoms with E-state index in [0.29, 0.717) is 12.8 Å². The number of rotatable bonds is 21. The summed E-state index contributed by atoms with van der Waals surface area (Å²) in [6.45, 7) is 6.06. The van der Waals surface area contributed by atoms with Crippen molar-refractivity contribution in [2.45, 2.75) is 156 Å². The van der Waals surface area contributed by atoms with Crippen LogP contribution in [-0.4, -0.2) is 33.2 Å². The quantitative estimate of drug-likeness (QED) is 0.144. The zero-order chi connectivity index (χ0) is 25.6. The second-order valence-corrected chi connectivity index (χ2v) is 8.69. The fourth-order valence-electron chi connectivity index (χ4n) is 3.17. The molecule has 0 fully saturated rings. The molecule has 0 aliphatic heterocycles. The first-order valence-electron chi connectivity index (χ1n) is 13.5. The lowest BCUT2D eigenvalue weighted by atomic mass is 10.1. The minimum atomic E-state index is -0.745. The summed E-state index contributed by atoms with van der Waals surface area (Å²) in [4.78, 5) is 29.8. The molecule has 0 saturated carbocycles. The molecule has 0 aliphatic carbocycles. The summed E-state index contributed by atoms with van der Waals surface area (Å²) < 4.78 is 0. The molecule has 0 aromatic rings. The van der Waals surface area contributed by atoms with E-state index in [1.54, 1.807) is 6.92 Å². The van der Waals surface area contributed by atoms with E-state index in [1.165, 1.54) is 89.9 Å². The van der Waals surface area contributed by atoms with Crippen LogP contribution in [0.15, 0.2) is 0 Å². The molecule has 6 nitrogen and oxygen atoms in total. The Kier molecular flexibility index (Phi) is 35.5. The molecule has 0 amide bonds. The summed E-state index contributed by atoms with van der Waals surface area (Å²) in [7, 11) is 0. The van der Waals surface area contributed by atoms with Gasteiger partial charge in [-0.1, -0.05) is 124 Å². The van der Waals surface area contributed by atoms with E-state index in [-0.39, 0.29) is 6.42 Å². The lowest BCUT2D eigenvalue weighted by Crippen LogP contribution is -1.93. The number of hydrogen-bond acceptors (Lipinski definition) is 3. The molecule has 0 aliphatic rings. The summed E-state index contributed by atoms with van der Waals surface area (Å²) >= 11 is 0. The number of carboxylic acid groups (broad SMARTS) is 3. The third-order valence-electron chi connectivity index (χ3n) is 5.29. The van der Waals surface area contributed by atoms with Crippen molar-refractivity contribution in [1.82, 2.24) is 0 Å². The molecule has 0 spiro atoms. The third-order valence-corrected chi connectivity index (χ3v) is 5.29. The molecule has 0 aromatic heterocycles. The maximum Gasteiger partial charge on any atom is 0.303 e. The fourth-order valence-corrected chi connectivity index (χ4v) is 3.17. The minimum absolute atomic E-state index is 0.222. The first-order chi connectivity index (χ1) is 15.8. The van der Waals surface area contributed by atoms with Crippen LogP contribution in [0.3, 0.4) is 0 Å². The molecule has 0 saturated heterocycles. The van der Waals surface area contributed by atoms with Crippen molar-refractivity contribution in [2.24, 2.45) is 0 Å². The lowest BCUT2D eigenvalue weighted by Gasteiger charge is -2.00. The Morgan fingerprint density at radius 3 is 0.788 bits per heavy atom. The van der Waals surface area contributed by atoms with Crippen LogP contribution in [0.1, 0.15) is 156 Å². The van der Waals surface area contributed by atoms with E-state index in [0.717, 1.165) is 25.7 Å². The lowest BCUT2D eigenvalue weighted by molar-refractivity contribution is -0.138. The molecule has 33 heavy (non-hydrogen) atoms. The molecule has 0 heterocycles. The second kappa shape index (κ2) is 32.6. The van der Waals surface area contributed by atoms with Crippen molar-refractivity contribution >= 4 is 17.9 Å². The van der Waals surface area contributed by atoms with Crippen molar-refractivity contribution in [3.63, 3.8) is 0 Å². The van der Waals surface area contributed by atoms with Crippen LogP contribution in [-0.2, 0) is 14.4 Å². The first-order valence-corrected chi connectivity index (χ1v) is 13.5. The molecule has 3 N–H and O–H groups in total. The molecule has 6 heteroatoms. The maximum absolute atomic E-state index is 10.2. The van der Waals surface area contributed by atoms with Gasteiger partial charge in [-0.05, 0) is 12.8 Å². The van der Waals surface area contributed by atoms with E-state index in [9.17, 15) is 14.4 Å². The van der Waals surface area contributed by atoms with Crippen LogP contribution in [0.2, 0.25) is 0 Å². The van der Waals surface area contributed by atoms with Crippen molar-refractivity contribution in [2.75, 3.05) is 0 Å². The van der Waals surface area contributed by atoms with Gasteiger partial charge in [0.1, 0.15) is 0 Å². The highest BCUT2D eigenvalue weighted by molar-refractivity contribution is 5.66. The van der Waals surface area contributed by atoms with Crippen LogP contribution < -0.4 is 0 Å². The molecule has 0 bridgehead atoms. The highest BCUT2D eigenvalue weighted by atomic mass is 16.4. The number of hydrogen-bond donors (Lipinski definition) is 3. The van der Waals surface area contributed by atoms with Crippen molar-refractivity contribution in [3.8, 4) is 0 Å². The van der Waals surface area contributed by atoms with E-state index >= 15 is 0 Å². The topological polar surface area (TPSA) is 112 Å². The van der Waals surface area contributed by atoms with Crippen molar-refractivity contribution in [1.29, 1.82) is 0 Å². The Labute approximate surface area is 203 Å². The molecule has 0 radical (unpaired) electrons. The summed E-state index contributed by atoms with van der Waals surface area (Å²) in [6, 6.07) is 0. The summed E-state index contributed by atoms with van der Waals surface area (Å²) in [5.74, 6) is -2.06. The van der Waals surface area contributed by atoms with E-state index < -0.39 is 17.9 Å². The number of aliphatic carboxylic acids is 3. The first kappa shape index (κ1) is 36.0. The van der Waals surface area contributed by atoms with Gasteiger partial charge in [-0.25, -0.2) is 0 Å². The summed E-state index contributed by atoms with van der Waals surface area (Å²) in [6.07, 6.45) is 23.2. The van der Waals surface area contributed by atoms with Crippen LogP contribution in [0, 0.1) is 0 Å². The molecule has 0 unspecified atom stereocenters. The predicted molar refractivity (Wildman–Crippen MR) is 137 cm³/mol. The zero-order valence-corrected chi connectivity index (χ0v) is 21.9. The smallest absolute Gasteiger partial charge is 0.303 e. The van der Waals surface area contributed by atoms with E-state index in [1.807, 2.05) is 0 Å². The van der Waals surface area contributed by atoms with Crippen LogP contribution in [0.25, 0.3) is 0 Å². The molecule has 0 atom stereocenters. The molecule has 0 aromatic carbocycles. The predicted octanol–water partition coefficient (Wildman–Crippen LogP) is 8.46. The highest BCUT2D eigenvalue weighted by Gasteiger charge is 1.97. The molecule has 0 rings (SSSR count). The fraction of sp³-hybridized carbons (Fsp3) is 0.889. The van der Waals surface area contributed by atoms with Gasteiger partial charge in [0.25, 0.3) is 0 Å². The Bertz CT molecular complexity index is 391. The summed E-state index contributed by atoms with van der Waals surface area (Å²) in [5, 5.41) is 24.5. The van der Waals surface area contributed by atoms with Crippen LogP contribution in [0.4, 0.5) is 0 Å². The maximum atomic E-state index is 10.2. The van der Waals surface area contributed by atoms with Gasteiger partial charge in [-0.15, -0.1) is 0 Å². The highest BCUT2D eigenvalue weighted by Crippen LogP contribution is 2.11. The SMILES string of the molecule is CCC(=O)O.CCCCCCCCCCCC(=O)O.CCCCCCCCCCCC(=O)O. The monoisotopic (exact) mass is 474 g/mol. The van der Waals surface area contributed by atoms with Crippen LogP contribution in [0.5, 0.6) is 0 Å². The average molecular weight is 475 g/mol. The minimum Gasteiger partial charge on any atom is -0.481 e. The molecular formula is C27H54O6. The van der Waals surface area contributed by atoms with Crippen LogP contribution >= 0.6 is 0 Å². The second-order valence-electron chi connectivity index (χ2n) is 8.69. The largest absolute Gasteiger partial charge is 0.481 e. The number of unbranched alkanes of at least 4 members (excludes halogenated alkanes) is 16. The van der Waals surface area contributed by atoms with Gasteiger partial charge >= 0.3 is 17.9 Å². The van der Waals surface area contributed by atoms with Gasteiger partial charge in [-0.3, -0.25) is 14.4 Å². The van der Waals surface area contributed by atoms with Gasteiger partial charge in [0.15, 0.2) is 0 Å². The van der Waals surface area contributed by atoms with Gasteiger partial charge in [-0.2, -0.15) is 0 Å². The zero-order valence-electron chi connectivity index (χ0n) is 21.9. The van der Waals surface area contributed by atoms with E-state index in [4.69, 9.17) is 15.3 Å². The Balaban J connectivity index is -0.000000453. The van der Waals surface area contributed by atoms with Crippen molar-refractivity contribution < 1.29 is 29.7 Å². The Morgan fingerprint density at radius 2 is 0.606 bits per heavy atom.